The predicted molar refractivity (Wildman–Crippen MR) is 59.4 cm³/mol. The monoisotopic (exact) mass is 211 g/mol. The van der Waals surface area contributed by atoms with Crippen LogP contribution in [0, 0.1) is 6.92 Å². The number of nitrogens with zero attached hydrogens (tertiary/aromatic N) is 2. The van der Waals surface area contributed by atoms with E-state index in [1.165, 1.54) is 0 Å². The van der Waals surface area contributed by atoms with Gasteiger partial charge in [-0.2, -0.15) is 0 Å². The summed E-state index contributed by atoms with van der Waals surface area (Å²) in [6.45, 7) is 4.21. The fourth-order valence-corrected chi connectivity index (χ4v) is 1.14. The lowest BCUT2D eigenvalue weighted by Gasteiger charge is -2.09. The van der Waals surface area contributed by atoms with Gasteiger partial charge in [0, 0.05) is 12.6 Å². The molecule has 0 spiro atoms. The Kier molecular flexibility index (Phi) is 4.26. The average molecular weight is 211 g/mol. The zero-order valence-electron chi connectivity index (χ0n) is 8.99. The van der Waals surface area contributed by atoms with Crippen molar-refractivity contribution >= 4 is 11.6 Å². The van der Waals surface area contributed by atoms with E-state index in [9.17, 15) is 0 Å². The molecule has 1 unspecified atom stereocenters. The summed E-state index contributed by atoms with van der Waals surface area (Å²) in [6, 6.07) is 1.72. The molecule has 0 fully saturated rings. The fourth-order valence-electron chi connectivity index (χ4n) is 1.14. The van der Waals surface area contributed by atoms with Gasteiger partial charge in [-0.25, -0.2) is 15.8 Å². The van der Waals surface area contributed by atoms with Crippen LogP contribution in [0.5, 0.6) is 0 Å². The van der Waals surface area contributed by atoms with Crippen molar-refractivity contribution in [3.05, 3.63) is 11.9 Å². The first kappa shape index (κ1) is 11.7. The molecule has 0 bridgehead atoms. The maximum absolute atomic E-state index is 9.08. The summed E-state index contributed by atoms with van der Waals surface area (Å²) >= 11 is 0. The fraction of sp³-hybridized carbons (Fsp3) is 0.556. The number of aryl methyl sites for hydroxylation is 1. The highest BCUT2D eigenvalue weighted by atomic mass is 16.3. The van der Waals surface area contributed by atoms with Gasteiger partial charge < -0.3 is 15.8 Å². The van der Waals surface area contributed by atoms with Crippen LogP contribution in [0.25, 0.3) is 0 Å². The maximum atomic E-state index is 9.08. The third kappa shape index (κ3) is 4.09. The van der Waals surface area contributed by atoms with Crippen LogP contribution in [0.15, 0.2) is 6.07 Å². The van der Waals surface area contributed by atoms with Gasteiger partial charge in [-0.05, 0) is 20.3 Å². The number of anilines is 2. The third-order valence-corrected chi connectivity index (χ3v) is 1.85. The molecule has 0 saturated carbocycles. The molecule has 1 aromatic heterocycles. The summed E-state index contributed by atoms with van der Waals surface area (Å²) in [4.78, 5) is 8.24. The van der Waals surface area contributed by atoms with Gasteiger partial charge in [0.2, 0.25) is 0 Å². The Morgan fingerprint density at radius 2 is 2.13 bits per heavy atom. The van der Waals surface area contributed by atoms with Crippen LogP contribution < -0.4 is 16.6 Å². The Labute approximate surface area is 88.9 Å². The highest BCUT2D eigenvalue weighted by molar-refractivity contribution is 5.46. The first-order chi connectivity index (χ1) is 7.11. The van der Waals surface area contributed by atoms with Crippen molar-refractivity contribution in [1.82, 2.24) is 9.97 Å². The summed E-state index contributed by atoms with van der Waals surface area (Å²) in [7, 11) is 0. The highest BCUT2D eigenvalue weighted by Crippen LogP contribution is 2.09. The van der Waals surface area contributed by atoms with Crippen molar-refractivity contribution in [2.75, 3.05) is 17.3 Å². The number of nitrogens with two attached hydrogens (primary N) is 1. The summed E-state index contributed by atoms with van der Waals surface area (Å²) in [5.41, 5.74) is 2.47. The summed E-state index contributed by atoms with van der Waals surface area (Å²) in [6.07, 6.45) is 0.363. The Hall–Kier alpha value is -1.40. The smallest absolute Gasteiger partial charge is 0.145 e. The van der Waals surface area contributed by atoms with Crippen LogP contribution in [-0.2, 0) is 0 Å². The van der Waals surface area contributed by atoms with E-state index in [0.717, 1.165) is 0 Å². The maximum Gasteiger partial charge on any atom is 0.145 e. The second-order valence-electron chi connectivity index (χ2n) is 3.39. The van der Waals surface area contributed by atoms with Gasteiger partial charge in [0.05, 0.1) is 6.10 Å². The molecule has 1 heterocycles. The molecule has 5 N–H and O–H groups in total. The van der Waals surface area contributed by atoms with Gasteiger partial charge in [-0.15, -0.1) is 0 Å². The van der Waals surface area contributed by atoms with Crippen molar-refractivity contribution in [2.24, 2.45) is 5.84 Å². The van der Waals surface area contributed by atoms with Crippen LogP contribution in [0.4, 0.5) is 11.6 Å². The number of hydrogen-bond donors (Lipinski definition) is 4. The molecule has 0 radical (unpaired) electrons. The Morgan fingerprint density at radius 3 is 2.73 bits per heavy atom. The normalized spacial score (nSPS) is 12.3. The molecule has 1 atom stereocenters. The standard InChI is InChI=1S/C9H17N5O/c1-6(15)3-4-11-8-5-9(14-10)13-7(2)12-8/h5-6,15H,3-4,10H2,1-2H3,(H2,11,12,13,14). The van der Waals surface area contributed by atoms with Gasteiger partial charge in [0.15, 0.2) is 0 Å². The zero-order chi connectivity index (χ0) is 11.3. The van der Waals surface area contributed by atoms with Gasteiger partial charge in [-0.1, -0.05) is 0 Å². The van der Waals surface area contributed by atoms with Crippen molar-refractivity contribution in [1.29, 1.82) is 0 Å². The molecule has 0 aliphatic heterocycles. The number of nitrogen functional groups attached to an aromatic ring is 1. The molecule has 84 valence electrons. The Bertz CT molecular complexity index is 315. The SMILES string of the molecule is Cc1nc(NN)cc(NCCC(C)O)n1. The van der Waals surface area contributed by atoms with Crippen molar-refractivity contribution < 1.29 is 5.11 Å². The molecular formula is C9H17N5O. The molecule has 15 heavy (non-hydrogen) atoms. The van der Waals surface area contributed by atoms with E-state index in [4.69, 9.17) is 10.9 Å². The minimum atomic E-state index is -0.312. The molecule has 6 nitrogen and oxygen atoms in total. The number of hydrogen-bond acceptors (Lipinski definition) is 6. The third-order valence-electron chi connectivity index (χ3n) is 1.85. The Morgan fingerprint density at radius 1 is 1.47 bits per heavy atom. The summed E-state index contributed by atoms with van der Waals surface area (Å²) in [5.74, 6) is 7.18. The summed E-state index contributed by atoms with van der Waals surface area (Å²) in [5, 5.41) is 12.2. The highest BCUT2D eigenvalue weighted by Gasteiger charge is 2.01. The van der Waals surface area contributed by atoms with Gasteiger partial charge in [0.25, 0.3) is 0 Å². The van der Waals surface area contributed by atoms with Crippen LogP contribution >= 0.6 is 0 Å². The molecule has 0 aliphatic carbocycles. The second kappa shape index (κ2) is 5.47. The molecular weight excluding hydrogens is 194 g/mol. The number of aliphatic hydroxyl groups is 1. The second-order valence-corrected chi connectivity index (χ2v) is 3.39. The largest absolute Gasteiger partial charge is 0.393 e. The van der Waals surface area contributed by atoms with E-state index in [1.807, 2.05) is 0 Å². The van der Waals surface area contributed by atoms with Crippen LogP contribution in [-0.4, -0.2) is 27.7 Å². The van der Waals surface area contributed by atoms with Crippen molar-refractivity contribution in [3.8, 4) is 0 Å². The lowest BCUT2D eigenvalue weighted by Crippen LogP contribution is -2.13. The Balaban J connectivity index is 2.56. The molecule has 0 aliphatic rings. The molecule has 0 amide bonds. The topological polar surface area (TPSA) is 96.1 Å². The number of aliphatic hydroxyl groups excluding tert-OH is 1. The van der Waals surface area contributed by atoms with E-state index in [1.54, 1.807) is 19.9 Å². The first-order valence-corrected chi connectivity index (χ1v) is 4.86. The van der Waals surface area contributed by atoms with Gasteiger partial charge in [0.1, 0.15) is 17.5 Å². The number of aromatic nitrogens is 2. The molecule has 0 aromatic carbocycles. The van der Waals surface area contributed by atoms with Crippen LogP contribution in [0.1, 0.15) is 19.2 Å². The van der Waals surface area contributed by atoms with Crippen LogP contribution in [0.3, 0.4) is 0 Å². The number of nitrogens with one attached hydrogen (secondary N) is 2. The van der Waals surface area contributed by atoms with E-state index >= 15 is 0 Å². The zero-order valence-corrected chi connectivity index (χ0v) is 8.99. The predicted octanol–water partition coefficient (Wildman–Crippen LogP) is 0.253. The minimum Gasteiger partial charge on any atom is -0.393 e. The molecule has 0 saturated heterocycles. The van der Waals surface area contributed by atoms with Crippen molar-refractivity contribution in [2.45, 2.75) is 26.4 Å². The average Bonchev–Trinajstić information content (AvgIpc) is 2.16. The first-order valence-electron chi connectivity index (χ1n) is 4.86. The molecule has 6 heteroatoms. The number of hydrazine groups is 1. The van der Waals surface area contributed by atoms with Gasteiger partial charge >= 0.3 is 0 Å². The number of rotatable bonds is 5. The van der Waals surface area contributed by atoms with Crippen LogP contribution in [0.2, 0.25) is 0 Å². The lowest BCUT2D eigenvalue weighted by atomic mass is 10.3. The van der Waals surface area contributed by atoms with Gasteiger partial charge in [-0.3, -0.25) is 0 Å². The van der Waals surface area contributed by atoms with E-state index in [-0.39, 0.29) is 6.10 Å². The van der Waals surface area contributed by atoms with E-state index in [2.05, 4.69) is 20.7 Å². The lowest BCUT2D eigenvalue weighted by molar-refractivity contribution is 0.188. The molecule has 1 aromatic rings. The molecule has 1 rings (SSSR count). The van der Waals surface area contributed by atoms with E-state index < -0.39 is 0 Å². The quantitative estimate of drug-likeness (QED) is 0.412. The minimum absolute atomic E-state index is 0.312. The van der Waals surface area contributed by atoms with Crippen molar-refractivity contribution in [3.63, 3.8) is 0 Å². The van der Waals surface area contributed by atoms with E-state index in [0.29, 0.717) is 30.4 Å². The summed E-state index contributed by atoms with van der Waals surface area (Å²) < 4.78 is 0.